The van der Waals surface area contributed by atoms with E-state index in [-0.39, 0.29) is 35.2 Å². The Morgan fingerprint density at radius 3 is 2.50 bits per heavy atom. The second-order valence-corrected chi connectivity index (χ2v) is 7.79. The topological polar surface area (TPSA) is 89.2 Å². The third kappa shape index (κ3) is 5.07. The predicted octanol–water partition coefficient (Wildman–Crippen LogP) is 2.39. The Morgan fingerprint density at radius 1 is 1.16 bits per heavy atom. The normalized spacial score (nSPS) is 12.2. The van der Waals surface area contributed by atoms with Crippen LogP contribution in [0.3, 0.4) is 0 Å². The third-order valence-electron chi connectivity index (χ3n) is 4.67. The van der Waals surface area contributed by atoms with Gasteiger partial charge in [0.05, 0.1) is 17.2 Å². The quantitative estimate of drug-likeness (QED) is 0.407. The van der Waals surface area contributed by atoms with Crippen LogP contribution in [0, 0.1) is 17.1 Å². The largest absolute Gasteiger partial charge is 0.469 e. The molecule has 0 aliphatic rings. The number of carbonyl (C=O) groups excluding carboxylic acids is 2. The average Bonchev–Trinajstić information content (AvgIpc) is 3.10. The number of thiazole rings is 1. The highest BCUT2D eigenvalue weighted by Gasteiger charge is 2.20. The minimum atomic E-state index is -0.806. The van der Waals surface area contributed by atoms with Gasteiger partial charge in [0.15, 0.2) is 0 Å². The summed E-state index contributed by atoms with van der Waals surface area (Å²) in [4.78, 5) is 37.5. The molecule has 0 aliphatic heterocycles. The van der Waals surface area contributed by atoms with Crippen LogP contribution < -0.4 is 14.8 Å². The molecule has 1 heterocycles. The predicted molar refractivity (Wildman–Crippen MR) is 119 cm³/mol. The first-order chi connectivity index (χ1) is 15.5. The number of ether oxygens (including phenoxy) is 1. The zero-order chi connectivity index (χ0) is 23.1. The number of benzene rings is 2. The molecule has 1 aromatic heterocycles. The summed E-state index contributed by atoms with van der Waals surface area (Å²) in [6.07, 6.45) is 2.00. The van der Waals surface area contributed by atoms with Crippen LogP contribution in [-0.2, 0) is 16.1 Å². The van der Waals surface area contributed by atoms with Crippen LogP contribution in [0.2, 0.25) is 0 Å². The molecule has 8 heteroatoms. The van der Waals surface area contributed by atoms with E-state index in [1.165, 1.54) is 29.9 Å². The molecular weight excluding hydrogens is 431 g/mol. The number of ketones is 1. The van der Waals surface area contributed by atoms with Gasteiger partial charge in [0.2, 0.25) is 5.78 Å². The molecule has 3 rings (SSSR count). The lowest BCUT2D eigenvalue weighted by Crippen LogP contribution is -2.33. The van der Waals surface area contributed by atoms with Crippen molar-refractivity contribution in [2.45, 2.75) is 19.4 Å². The molecule has 0 atom stereocenters. The monoisotopic (exact) mass is 450 g/mol. The number of methoxy groups -OCH3 is 1. The van der Waals surface area contributed by atoms with Crippen LogP contribution in [0.25, 0.3) is 11.6 Å². The number of hydrogen-bond donors (Lipinski definition) is 0. The van der Waals surface area contributed by atoms with E-state index in [1.54, 1.807) is 6.08 Å². The number of nitriles is 1. The fraction of sp³-hybridized carbons (Fsp3) is 0.167. The second kappa shape index (κ2) is 10.5. The molecule has 0 bridgehead atoms. The lowest BCUT2D eigenvalue weighted by atomic mass is 10.0. The van der Waals surface area contributed by atoms with Crippen LogP contribution in [0.15, 0.2) is 59.4 Å². The van der Waals surface area contributed by atoms with Crippen LogP contribution in [0.5, 0.6) is 0 Å². The maximum Gasteiger partial charge on any atom is 0.305 e. The van der Waals surface area contributed by atoms with E-state index in [2.05, 4.69) is 4.74 Å². The minimum Gasteiger partial charge on any atom is -0.469 e. The smallest absolute Gasteiger partial charge is 0.305 e. The molecule has 0 saturated heterocycles. The van der Waals surface area contributed by atoms with Crippen molar-refractivity contribution >= 4 is 34.7 Å². The van der Waals surface area contributed by atoms with Crippen molar-refractivity contribution in [2.24, 2.45) is 0 Å². The third-order valence-corrected chi connectivity index (χ3v) is 5.80. The molecule has 3 aromatic rings. The summed E-state index contributed by atoms with van der Waals surface area (Å²) < 4.78 is 20.5. The summed E-state index contributed by atoms with van der Waals surface area (Å²) in [7, 11) is 1.27. The van der Waals surface area contributed by atoms with E-state index in [0.29, 0.717) is 4.53 Å². The Morgan fingerprint density at radius 2 is 1.84 bits per heavy atom. The summed E-state index contributed by atoms with van der Waals surface area (Å²) in [6, 6.07) is 16.3. The number of aromatic nitrogens is 1. The van der Waals surface area contributed by atoms with Gasteiger partial charge in [-0.15, -0.1) is 11.3 Å². The van der Waals surface area contributed by atoms with Crippen molar-refractivity contribution in [3.8, 4) is 6.07 Å². The average molecular weight is 450 g/mol. The van der Waals surface area contributed by atoms with E-state index in [1.807, 2.05) is 36.4 Å². The molecule has 0 aliphatic carbocycles. The summed E-state index contributed by atoms with van der Waals surface area (Å²) in [6.45, 7) is 0.0954. The van der Waals surface area contributed by atoms with E-state index < -0.39 is 23.1 Å². The van der Waals surface area contributed by atoms with Gasteiger partial charge in [0.25, 0.3) is 5.56 Å². The number of carbonyl (C=O) groups is 2. The van der Waals surface area contributed by atoms with E-state index in [4.69, 9.17) is 0 Å². The molecule has 0 radical (unpaired) electrons. The van der Waals surface area contributed by atoms with Crippen molar-refractivity contribution in [2.75, 3.05) is 7.11 Å². The van der Waals surface area contributed by atoms with Gasteiger partial charge in [-0.1, -0.05) is 42.5 Å². The Bertz CT molecular complexity index is 1370. The van der Waals surface area contributed by atoms with Gasteiger partial charge >= 0.3 is 5.97 Å². The highest BCUT2D eigenvalue weighted by molar-refractivity contribution is 7.07. The van der Waals surface area contributed by atoms with Crippen molar-refractivity contribution in [3.63, 3.8) is 0 Å². The zero-order valence-electron chi connectivity index (χ0n) is 17.2. The number of nitrogens with zero attached hydrogens (tertiary/aromatic N) is 2. The number of rotatable bonds is 7. The number of esters is 1. The molecule has 0 saturated carbocycles. The van der Waals surface area contributed by atoms with Crippen LogP contribution in [0.4, 0.5) is 4.39 Å². The van der Waals surface area contributed by atoms with Crippen molar-refractivity contribution in [1.29, 1.82) is 5.26 Å². The maximum absolute atomic E-state index is 14.2. The molecule has 0 amide bonds. The molecule has 0 fully saturated rings. The summed E-state index contributed by atoms with van der Waals surface area (Å²) in [5.41, 5.74) is -0.201. The highest BCUT2D eigenvalue weighted by atomic mass is 32.1. The van der Waals surface area contributed by atoms with E-state index >= 15 is 0 Å². The molecule has 2 aromatic carbocycles. The number of hydrogen-bond acceptors (Lipinski definition) is 6. The molecule has 6 nitrogen and oxygen atoms in total. The van der Waals surface area contributed by atoms with Gasteiger partial charge < -0.3 is 4.74 Å². The minimum absolute atomic E-state index is 0.0686. The molecule has 32 heavy (non-hydrogen) atoms. The summed E-state index contributed by atoms with van der Waals surface area (Å²) >= 11 is 0.983. The molecule has 162 valence electrons. The fourth-order valence-electron chi connectivity index (χ4n) is 3.07. The standard InChI is InChI=1S/C24H19FN2O4S/c1-31-21(28)12-7-13-27-23(30)20(14-16-8-3-2-4-9-16)32-24(27)18(15-26)22(29)17-10-5-6-11-19(17)25/h2-6,8-11,14H,7,12-13H2,1H3. The van der Waals surface area contributed by atoms with Gasteiger partial charge in [-0.25, -0.2) is 4.39 Å². The molecule has 0 spiro atoms. The van der Waals surface area contributed by atoms with Crippen molar-refractivity contribution in [1.82, 2.24) is 4.57 Å². The first-order valence-electron chi connectivity index (χ1n) is 9.73. The zero-order valence-corrected chi connectivity index (χ0v) is 18.0. The van der Waals surface area contributed by atoms with Gasteiger partial charge in [-0.2, -0.15) is 5.26 Å². The Hall–Kier alpha value is -3.83. The molecule has 0 unspecified atom stereocenters. The fourth-order valence-corrected chi connectivity index (χ4v) is 4.19. The van der Waals surface area contributed by atoms with Crippen LogP contribution in [-0.4, -0.2) is 23.4 Å². The molecule has 0 N–H and O–H groups in total. The van der Waals surface area contributed by atoms with E-state index in [9.17, 15) is 24.0 Å². The SMILES string of the molecule is COC(=O)CCCn1c(=C(C#N)C(=O)c2ccccc2F)sc(=Cc2ccccc2)c1=O. The summed E-state index contributed by atoms with van der Waals surface area (Å²) in [5, 5.41) is 9.74. The summed E-state index contributed by atoms with van der Waals surface area (Å²) in [5.74, 6) is -1.99. The van der Waals surface area contributed by atoms with Crippen LogP contribution in [0.1, 0.15) is 28.8 Å². The number of halogens is 1. The molecular formula is C24H19FN2O4S. The van der Waals surface area contributed by atoms with E-state index in [0.717, 1.165) is 23.0 Å². The first kappa shape index (κ1) is 22.8. The lowest BCUT2D eigenvalue weighted by molar-refractivity contribution is -0.140. The Labute approximate surface area is 187 Å². The highest BCUT2D eigenvalue weighted by Crippen LogP contribution is 2.12. The first-order valence-corrected chi connectivity index (χ1v) is 10.5. The van der Waals surface area contributed by atoms with Gasteiger partial charge in [0.1, 0.15) is 22.1 Å². The number of Topliss-reactive ketones (excluding diaryl/α,β-unsaturated/α-hetero) is 1. The Balaban J connectivity index is 2.20. The van der Waals surface area contributed by atoms with Gasteiger partial charge in [0, 0.05) is 13.0 Å². The lowest BCUT2D eigenvalue weighted by Gasteiger charge is -2.04. The maximum atomic E-state index is 14.2. The van der Waals surface area contributed by atoms with Gasteiger partial charge in [-0.05, 0) is 30.2 Å². The van der Waals surface area contributed by atoms with Gasteiger partial charge in [-0.3, -0.25) is 19.0 Å². The van der Waals surface area contributed by atoms with Crippen molar-refractivity contribution in [3.05, 3.63) is 91.1 Å². The van der Waals surface area contributed by atoms with Crippen molar-refractivity contribution < 1.29 is 18.7 Å². The second-order valence-electron chi connectivity index (χ2n) is 6.76. The van der Waals surface area contributed by atoms with Crippen LogP contribution >= 0.6 is 11.3 Å². The Kier molecular flexibility index (Phi) is 7.47.